The van der Waals surface area contributed by atoms with Crippen LogP contribution in [0.2, 0.25) is 0 Å². The predicted molar refractivity (Wildman–Crippen MR) is 200 cm³/mol. The van der Waals surface area contributed by atoms with Gasteiger partial charge in [0.25, 0.3) is 0 Å². The number of phenolic OH excluding ortho intramolecular Hbond substituents is 5. The summed E-state index contributed by atoms with van der Waals surface area (Å²) in [5.41, 5.74) is 6.99. The topological polar surface area (TPSA) is 142 Å². The predicted octanol–water partition coefficient (Wildman–Crippen LogP) is 8.77. The van der Waals surface area contributed by atoms with E-state index in [1.807, 2.05) is 18.3 Å². The van der Waals surface area contributed by atoms with Gasteiger partial charge in [-0.05, 0) is 89.9 Å². The van der Waals surface area contributed by atoms with Gasteiger partial charge >= 0.3 is 0 Å². The van der Waals surface area contributed by atoms with Crippen LogP contribution in [0, 0.1) is 0 Å². The molecule has 1 aromatic heterocycles. The lowest BCUT2D eigenvalue weighted by atomic mass is 9.72. The SMILES string of the molecule is CCCCCc1cc(CCc2c(O)c(O)c3c(O)cccc3c2C=Cc2ccc(O)c(O)c2)ccc1CNCC1(c2cnc[nH]2)CCCCC1. The summed E-state index contributed by atoms with van der Waals surface area (Å²) < 4.78 is 0. The first-order valence-corrected chi connectivity index (χ1v) is 18.0. The average molecular weight is 676 g/mol. The van der Waals surface area contributed by atoms with Crippen LogP contribution in [0.4, 0.5) is 0 Å². The third kappa shape index (κ3) is 7.60. The Hall–Kier alpha value is -4.95. The maximum Gasteiger partial charge on any atom is 0.169 e. The van der Waals surface area contributed by atoms with E-state index in [2.05, 4.69) is 40.4 Å². The van der Waals surface area contributed by atoms with Crippen molar-refractivity contribution in [3.63, 3.8) is 0 Å². The molecule has 6 rings (SSSR count). The van der Waals surface area contributed by atoms with Crippen LogP contribution < -0.4 is 5.32 Å². The second-order valence-electron chi connectivity index (χ2n) is 13.8. The van der Waals surface area contributed by atoms with Crippen LogP contribution in [0.15, 0.2) is 67.1 Å². The third-order valence-electron chi connectivity index (χ3n) is 10.5. The van der Waals surface area contributed by atoms with Crippen molar-refractivity contribution in [2.75, 3.05) is 6.54 Å². The second-order valence-corrected chi connectivity index (χ2v) is 13.8. The molecule has 0 bridgehead atoms. The number of imidazole rings is 1. The van der Waals surface area contributed by atoms with Gasteiger partial charge in [-0.3, -0.25) is 0 Å². The quantitative estimate of drug-likeness (QED) is 0.0354. The van der Waals surface area contributed by atoms with Crippen LogP contribution in [0.3, 0.4) is 0 Å². The Morgan fingerprint density at radius 2 is 1.64 bits per heavy atom. The lowest BCUT2D eigenvalue weighted by molar-refractivity contribution is 0.273. The van der Waals surface area contributed by atoms with Gasteiger partial charge in [-0.15, -0.1) is 0 Å². The number of nitrogens with one attached hydrogen (secondary N) is 2. The standard InChI is InChI=1S/C42H49N3O5/c1-2-3-5-9-30-22-28(12-16-31(30)24-43-26-42(20-6-4-7-21-42)38-25-44-27-45-38)14-18-34-32(17-13-29-15-19-35(46)37(48)23-29)33-10-8-11-36(47)39(33)41(50)40(34)49/h8,10-13,15-17,19,22-23,25,27,43,46-50H,2-7,9,14,18,20-21,24,26H2,1H3,(H,44,45). The van der Waals surface area contributed by atoms with E-state index in [1.165, 1.54) is 60.7 Å². The number of hydrogen-bond donors (Lipinski definition) is 7. The Morgan fingerprint density at radius 1 is 0.800 bits per heavy atom. The Kier molecular flexibility index (Phi) is 11.0. The smallest absolute Gasteiger partial charge is 0.169 e. The summed E-state index contributed by atoms with van der Waals surface area (Å²) in [6.07, 6.45) is 19.0. The van der Waals surface area contributed by atoms with Crippen molar-refractivity contribution in [2.24, 2.45) is 0 Å². The van der Waals surface area contributed by atoms with Crippen molar-refractivity contribution >= 4 is 22.9 Å². The van der Waals surface area contributed by atoms with Crippen LogP contribution in [-0.4, -0.2) is 42.0 Å². The van der Waals surface area contributed by atoms with Gasteiger partial charge in [0.15, 0.2) is 23.0 Å². The second kappa shape index (κ2) is 15.7. The van der Waals surface area contributed by atoms with Gasteiger partial charge in [-0.1, -0.05) is 87.6 Å². The van der Waals surface area contributed by atoms with Gasteiger partial charge in [-0.2, -0.15) is 0 Å². The van der Waals surface area contributed by atoms with E-state index in [4.69, 9.17) is 0 Å². The third-order valence-corrected chi connectivity index (χ3v) is 10.5. The molecule has 5 aromatic rings. The number of aromatic hydroxyl groups is 5. The van der Waals surface area contributed by atoms with Gasteiger partial charge in [0, 0.05) is 36.0 Å². The zero-order valence-electron chi connectivity index (χ0n) is 28.9. The van der Waals surface area contributed by atoms with Crippen LogP contribution in [0.5, 0.6) is 28.7 Å². The summed E-state index contributed by atoms with van der Waals surface area (Å²) in [7, 11) is 0. The van der Waals surface area contributed by atoms with E-state index < -0.39 is 0 Å². The van der Waals surface area contributed by atoms with Crippen LogP contribution in [0.25, 0.3) is 22.9 Å². The largest absolute Gasteiger partial charge is 0.507 e. The Bertz CT molecular complexity index is 1940. The summed E-state index contributed by atoms with van der Waals surface area (Å²) in [6.45, 7) is 3.92. The molecule has 0 radical (unpaired) electrons. The van der Waals surface area contributed by atoms with Crippen LogP contribution >= 0.6 is 0 Å². The molecule has 8 heteroatoms. The zero-order chi connectivity index (χ0) is 35.1. The first kappa shape index (κ1) is 34.9. The molecule has 0 saturated heterocycles. The summed E-state index contributed by atoms with van der Waals surface area (Å²) in [4.78, 5) is 7.73. The van der Waals surface area contributed by atoms with Gasteiger partial charge in [0.1, 0.15) is 5.75 Å². The van der Waals surface area contributed by atoms with Gasteiger partial charge in [0.05, 0.1) is 11.7 Å². The van der Waals surface area contributed by atoms with Crippen molar-refractivity contribution in [2.45, 2.75) is 89.5 Å². The van der Waals surface area contributed by atoms with E-state index in [0.29, 0.717) is 34.9 Å². The number of hydrogen-bond acceptors (Lipinski definition) is 7. The molecular formula is C42H49N3O5. The molecule has 8 nitrogen and oxygen atoms in total. The molecule has 262 valence electrons. The molecule has 50 heavy (non-hydrogen) atoms. The minimum absolute atomic E-state index is 0.0933. The molecule has 1 heterocycles. The summed E-state index contributed by atoms with van der Waals surface area (Å²) >= 11 is 0. The Labute approximate surface area is 294 Å². The maximum absolute atomic E-state index is 11.3. The van der Waals surface area contributed by atoms with Crippen molar-refractivity contribution in [1.29, 1.82) is 0 Å². The fourth-order valence-corrected chi connectivity index (χ4v) is 7.66. The normalized spacial score (nSPS) is 14.5. The minimum atomic E-state index is -0.347. The van der Waals surface area contributed by atoms with Crippen molar-refractivity contribution < 1.29 is 25.5 Å². The van der Waals surface area contributed by atoms with Gasteiger partial charge in [-0.25, -0.2) is 4.98 Å². The highest BCUT2D eigenvalue weighted by Crippen LogP contribution is 2.45. The molecule has 1 fully saturated rings. The van der Waals surface area contributed by atoms with E-state index in [-0.39, 0.29) is 39.5 Å². The van der Waals surface area contributed by atoms with Crippen LogP contribution in [-0.2, 0) is 31.2 Å². The van der Waals surface area contributed by atoms with Crippen molar-refractivity contribution in [3.05, 3.63) is 106 Å². The number of benzene rings is 4. The molecule has 1 aliphatic rings. The molecule has 7 N–H and O–H groups in total. The monoisotopic (exact) mass is 675 g/mol. The summed E-state index contributed by atoms with van der Waals surface area (Å²) in [5.74, 6) is -1.18. The van der Waals surface area contributed by atoms with E-state index in [9.17, 15) is 25.5 Å². The highest BCUT2D eigenvalue weighted by Gasteiger charge is 2.34. The number of fused-ring (bicyclic) bond motifs is 1. The molecule has 0 unspecified atom stereocenters. The van der Waals surface area contributed by atoms with E-state index >= 15 is 0 Å². The van der Waals surface area contributed by atoms with E-state index in [0.717, 1.165) is 50.8 Å². The summed E-state index contributed by atoms with van der Waals surface area (Å²) in [5, 5.41) is 57.4. The molecular weight excluding hydrogens is 626 g/mol. The number of aryl methyl sites for hydroxylation is 2. The van der Waals surface area contributed by atoms with Crippen molar-refractivity contribution in [1.82, 2.24) is 15.3 Å². The number of aromatic amines is 1. The first-order chi connectivity index (χ1) is 24.3. The highest BCUT2D eigenvalue weighted by atomic mass is 16.3. The molecule has 0 aliphatic heterocycles. The number of nitrogens with zero attached hydrogens (tertiary/aromatic N) is 1. The molecule has 1 saturated carbocycles. The molecule has 0 spiro atoms. The number of unbranched alkanes of at least 4 members (excludes halogenated alkanes) is 2. The lowest BCUT2D eigenvalue weighted by Gasteiger charge is -2.36. The summed E-state index contributed by atoms with van der Waals surface area (Å²) in [6, 6.07) is 16.3. The van der Waals surface area contributed by atoms with Crippen molar-refractivity contribution in [3.8, 4) is 28.7 Å². The fraction of sp³-hybridized carbons (Fsp3) is 0.357. The van der Waals surface area contributed by atoms with Gasteiger partial charge in [0.2, 0.25) is 0 Å². The first-order valence-electron chi connectivity index (χ1n) is 18.0. The number of phenols is 5. The number of rotatable bonds is 14. The van der Waals surface area contributed by atoms with Crippen LogP contribution in [0.1, 0.15) is 97.4 Å². The maximum atomic E-state index is 11.3. The van der Waals surface area contributed by atoms with Gasteiger partial charge < -0.3 is 35.8 Å². The lowest BCUT2D eigenvalue weighted by Crippen LogP contribution is -2.40. The Morgan fingerprint density at radius 3 is 2.40 bits per heavy atom. The molecule has 0 amide bonds. The van der Waals surface area contributed by atoms with E-state index in [1.54, 1.807) is 24.5 Å². The highest BCUT2D eigenvalue weighted by molar-refractivity contribution is 6.03. The molecule has 0 atom stereocenters. The number of H-pyrrole nitrogens is 1. The molecule has 1 aliphatic carbocycles. The Balaban J connectivity index is 1.26. The number of aromatic nitrogens is 2. The average Bonchev–Trinajstić information content (AvgIpc) is 3.68. The molecule has 4 aromatic carbocycles. The zero-order valence-corrected chi connectivity index (χ0v) is 28.9. The fourth-order valence-electron chi connectivity index (χ4n) is 7.66. The minimum Gasteiger partial charge on any atom is -0.507 e.